The van der Waals surface area contributed by atoms with Gasteiger partial charge in [-0.3, -0.25) is 0 Å². The van der Waals surface area contributed by atoms with Crippen molar-refractivity contribution < 1.29 is 18.3 Å². The molecule has 1 aromatic rings. The van der Waals surface area contributed by atoms with E-state index in [0.29, 0.717) is 11.3 Å². The minimum atomic E-state index is -3.09. The Hall–Kier alpha value is -1.88. The molecule has 1 aliphatic rings. The summed E-state index contributed by atoms with van der Waals surface area (Å²) in [6.07, 6.45) is 0.820. The van der Waals surface area contributed by atoms with Crippen LogP contribution in [0.3, 0.4) is 0 Å². The van der Waals surface area contributed by atoms with Crippen molar-refractivity contribution in [2.75, 3.05) is 18.9 Å². The van der Waals surface area contributed by atoms with Crippen molar-refractivity contribution in [3.63, 3.8) is 0 Å². The molecule has 0 aliphatic carbocycles. The standard InChI is InChI=1S/C14H16N2O4S/c15-7-11-1-3-14(4-2-11)20-9-13(17)8-16-12-5-6-21(18,19)10-12/h1-6,12-13,16-17H,8-10H2. The van der Waals surface area contributed by atoms with E-state index in [1.807, 2.05) is 6.07 Å². The molecule has 0 spiro atoms. The van der Waals surface area contributed by atoms with Crippen molar-refractivity contribution in [3.8, 4) is 11.8 Å². The van der Waals surface area contributed by atoms with Crippen LogP contribution in [0.15, 0.2) is 35.7 Å². The second-order valence-electron chi connectivity index (χ2n) is 4.77. The van der Waals surface area contributed by atoms with E-state index in [0.717, 1.165) is 0 Å². The quantitative estimate of drug-likeness (QED) is 0.779. The number of rotatable bonds is 6. The van der Waals surface area contributed by atoms with Gasteiger partial charge in [-0.15, -0.1) is 0 Å². The Bertz CT molecular complexity index is 647. The summed E-state index contributed by atoms with van der Waals surface area (Å²) in [4.78, 5) is 0. The van der Waals surface area contributed by atoms with E-state index in [1.54, 1.807) is 30.3 Å². The fourth-order valence-corrected chi connectivity index (χ4v) is 3.14. The van der Waals surface area contributed by atoms with Gasteiger partial charge in [0.05, 0.1) is 17.4 Å². The Morgan fingerprint density at radius 2 is 2.14 bits per heavy atom. The van der Waals surface area contributed by atoms with Crippen LogP contribution in [0.1, 0.15) is 5.56 Å². The van der Waals surface area contributed by atoms with E-state index in [-0.39, 0.29) is 24.9 Å². The number of aliphatic hydroxyl groups is 1. The maximum atomic E-state index is 11.2. The average molecular weight is 308 g/mol. The van der Waals surface area contributed by atoms with E-state index >= 15 is 0 Å². The molecule has 0 saturated heterocycles. The molecule has 1 aromatic carbocycles. The van der Waals surface area contributed by atoms with Crippen LogP contribution in [-0.4, -0.2) is 44.6 Å². The highest BCUT2D eigenvalue weighted by molar-refractivity contribution is 7.94. The molecule has 6 nitrogen and oxygen atoms in total. The van der Waals surface area contributed by atoms with E-state index in [1.165, 1.54) is 5.41 Å². The van der Waals surface area contributed by atoms with Gasteiger partial charge < -0.3 is 15.2 Å². The van der Waals surface area contributed by atoms with E-state index < -0.39 is 15.9 Å². The van der Waals surface area contributed by atoms with Gasteiger partial charge in [0.1, 0.15) is 18.5 Å². The highest BCUT2D eigenvalue weighted by Crippen LogP contribution is 2.12. The first-order chi connectivity index (χ1) is 9.98. The van der Waals surface area contributed by atoms with Gasteiger partial charge in [0.25, 0.3) is 0 Å². The SMILES string of the molecule is N#Cc1ccc(OCC(O)CNC2C=CS(=O)(=O)C2)cc1. The summed E-state index contributed by atoms with van der Waals surface area (Å²) in [5.41, 5.74) is 0.541. The molecule has 7 heteroatoms. The van der Waals surface area contributed by atoms with Crippen molar-refractivity contribution >= 4 is 9.84 Å². The van der Waals surface area contributed by atoms with Crippen LogP contribution >= 0.6 is 0 Å². The first-order valence-corrected chi connectivity index (χ1v) is 8.15. The summed E-state index contributed by atoms with van der Waals surface area (Å²) < 4.78 is 27.8. The topological polar surface area (TPSA) is 99.4 Å². The molecule has 2 N–H and O–H groups in total. The van der Waals surface area contributed by atoms with Crippen LogP contribution in [-0.2, 0) is 9.84 Å². The van der Waals surface area contributed by atoms with Gasteiger partial charge in [-0.05, 0) is 24.3 Å². The third kappa shape index (κ3) is 4.86. The summed E-state index contributed by atoms with van der Waals surface area (Å²) in [6, 6.07) is 8.32. The Balaban J connectivity index is 1.71. The molecule has 0 aromatic heterocycles. The zero-order chi connectivity index (χ0) is 15.3. The monoisotopic (exact) mass is 308 g/mol. The molecule has 0 bridgehead atoms. The number of nitriles is 1. The maximum Gasteiger partial charge on any atom is 0.173 e. The number of hydrogen-bond acceptors (Lipinski definition) is 6. The molecule has 1 aliphatic heterocycles. The predicted molar refractivity (Wildman–Crippen MR) is 77.4 cm³/mol. The Labute approximate surface area is 123 Å². The van der Waals surface area contributed by atoms with E-state index in [4.69, 9.17) is 10.00 Å². The number of sulfone groups is 1. The smallest absolute Gasteiger partial charge is 0.173 e. The molecule has 1 heterocycles. The van der Waals surface area contributed by atoms with Crippen LogP contribution < -0.4 is 10.1 Å². The number of aliphatic hydroxyl groups excluding tert-OH is 1. The Morgan fingerprint density at radius 1 is 1.43 bits per heavy atom. The zero-order valence-electron chi connectivity index (χ0n) is 11.3. The molecule has 2 rings (SSSR count). The summed E-state index contributed by atoms with van der Waals surface area (Å²) in [7, 11) is -3.09. The average Bonchev–Trinajstić information content (AvgIpc) is 2.83. The van der Waals surface area contributed by atoms with Gasteiger partial charge in [0.15, 0.2) is 9.84 Å². The van der Waals surface area contributed by atoms with E-state index in [2.05, 4.69) is 5.32 Å². The van der Waals surface area contributed by atoms with Crippen LogP contribution in [0.4, 0.5) is 0 Å². The number of hydrogen-bond donors (Lipinski definition) is 2. The lowest BCUT2D eigenvalue weighted by molar-refractivity contribution is 0.105. The normalized spacial score (nSPS) is 20.9. The maximum absolute atomic E-state index is 11.2. The van der Waals surface area contributed by atoms with Gasteiger partial charge in [0, 0.05) is 18.0 Å². The minimum absolute atomic E-state index is 0.0240. The fraction of sp³-hybridized carbons (Fsp3) is 0.357. The minimum Gasteiger partial charge on any atom is -0.491 e. The Kier molecular flexibility index (Phi) is 4.96. The van der Waals surface area contributed by atoms with E-state index in [9.17, 15) is 13.5 Å². The molecule has 0 radical (unpaired) electrons. The molecule has 2 unspecified atom stereocenters. The molecule has 112 valence electrons. The van der Waals surface area contributed by atoms with Gasteiger partial charge in [0.2, 0.25) is 0 Å². The van der Waals surface area contributed by atoms with Crippen LogP contribution in [0.2, 0.25) is 0 Å². The fourth-order valence-electron chi connectivity index (χ4n) is 1.87. The van der Waals surface area contributed by atoms with Crippen LogP contribution in [0.5, 0.6) is 5.75 Å². The lowest BCUT2D eigenvalue weighted by Gasteiger charge is -2.15. The summed E-state index contributed by atoms with van der Waals surface area (Å²) >= 11 is 0. The van der Waals surface area contributed by atoms with Crippen molar-refractivity contribution in [1.82, 2.24) is 5.32 Å². The molecular weight excluding hydrogens is 292 g/mol. The molecular formula is C14H16N2O4S. The summed E-state index contributed by atoms with van der Waals surface area (Å²) in [5.74, 6) is 0.590. The zero-order valence-corrected chi connectivity index (χ0v) is 12.1. The second-order valence-corrected chi connectivity index (χ2v) is 6.71. The van der Waals surface area contributed by atoms with Crippen molar-refractivity contribution in [1.29, 1.82) is 5.26 Å². The highest BCUT2D eigenvalue weighted by atomic mass is 32.2. The van der Waals surface area contributed by atoms with Crippen molar-refractivity contribution in [2.24, 2.45) is 0 Å². The molecule has 2 atom stereocenters. The second kappa shape index (κ2) is 6.72. The summed E-state index contributed by atoms with van der Waals surface area (Å²) in [6.45, 7) is 0.322. The highest BCUT2D eigenvalue weighted by Gasteiger charge is 2.21. The first kappa shape index (κ1) is 15.5. The lowest BCUT2D eigenvalue weighted by Crippen LogP contribution is -2.38. The molecule has 21 heavy (non-hydrogen) atoms. The third-order valence-electron chi connectivity index (χ3n) is 2.97. The largest absolute Gasteiger partial charge is 0.491 e. The van der Waals surface area contributed by atoms with Gasteiger partial charge in [-0.1, -0.05) is 6.08 Å². The number of nitrogens with zero attached hydrogens (tertiary/aromatic N) is 1. The van der Waals surface area contributed by atoms with Gasteiger partial charge in [-0.2, -0.15) is 5.26 Å². The number of benzene rings is 1. The lowest BCUT2D eigenvalue weighted by atomic mass is 10.2. The molecule has 0 amide bonds. The predicted octanol–water partition coefficient (Wildman–Crippen LogP) is 0.198. The summed E-state index contributed by atoms with van der Waals surface area (Å²) in [5, 5.41) is 22.6. The van der Waals surface area contributed by atoms with Crippen molar-refractivity contribution in [3.05, 3.63) is 41.3 Å². The first-order valence-electron chi connectivity index (χ1n) is 6.44. The number of ether oxygens (including phenoxy) is 1. The van der Waals surface area contributed by atoms with Gasteiger partial charge in [-0.25, -0.2) is 8.42 Å². The Morgan fingerprint density at radius 3 is 2.71 bits per heavy atom. The molecule has 0 saturated carbocycles. The van der Waals surface area contributed by atoms with Crippen LogP contribution in [0.25, 0.3) is 0 Å². The van der Waals surface area contributed by atoms with Crippen molar-refractivity contribution in [2.45, 2.75) is 12.1 Å². The molecule has 0 fully saturated rings. The van der Waals surface area contributed by atoms with Crippen LogP contribution in [0, 0.1) is 11.3 Å². The third-order valence-corrected chi connectivity index (χ3v) is 4.37. The van der Waals surface area contributed by atoms with Gasteiger partial charge >= 0.3 is 0 Å². The number of nitrogens with one attached hydrogen (secondary N) is 1.